The van der Waals surface area contributed by atoms with Crippen LogP contribution in [0.25, 0.3) is 89.0 Å². The molecule has 95 heavy (non-hydrogen) atoms. The van der Waals surface area contributed by atoms with Crippen molar-refractivity contribution in [2.45, 2.75) is 12.3 Å². The molecule has 0 fully saturated rings. The molecule has 3 heteroatoms. The second-order valence-corrected chi connectivity index (χ2v) is 25.0. The Morgan fingerprint density at radius 2 is 0.463 bits per heavy atom. The van der Waals surface area contributed by atoms with Crippen LogP contribution in [0.3, 0.4) is 0 Å². The van der Waals surface area contributed by atoms with E-state index in [1.165, 1.54) is 50.1 Å². The number of fused-ring (bicyclic) bond motifs is 6. The van der Waals surface area contributed by atoms with E-state index in [4.69, 9.17) is 0 Å². The summed E-state index contributed by atoms with van der Waals surface area (Å²) in [5.41, 5.74) is 34.6. The summed E-state index contributed by atoms with van der Waals surface area (Å²) in [6.45, 7) is 0. The zero-order valence-corrected chi connectivity index (χ0v) is 52.3. The van der Waals surface area contributed by atoms with Gasteiger partial charge in [0, 0.05) is 28.2 Å². The lowest BCUT2D eigenvalue weighted by Gasteiger charge is -2.49. The normalized spacial score (nSPS) is 12.7. The Balaban J connectivity index is 1.03. The molecule has 2 heterocycles. The molecule has 0 bridgehead atoms. The molecule has 3 nitrogen and oxygen atoms in total. The summed E-state index contributed by atoms with van der Waals surface area (Å²) in [4.78, 5) is 7.97. The lowest BCUT2D eigenvalue weighted by atomic mass is 9.74. The number of anilines is 9. The average molecular weight is 1210 g/mol. The van der Waals surface area contributed by atoms with Crippen LogP contribution < -0.4 is 14.7 Å². The number of benzene rings is 15. The van der Waals surface area contributed by atoms with Crippen LogP contribution in [0.2, 0.25) is 0 Å². The molecule has 15 aromatic rings. The van der Waals surface area contributed by atoms with Crippen LogP contribution >= 0.6 is 0 Å². The fourth-order valence-electron chi connectivity index (χ4n) is 15.5. The van der Waals surface area contributed by atoms with Gasteiger partial charge in [0.05, 0.1) is 51.2 Å². The van der Waals surface area contributed by atoms with Gasteiger partial charge in [0.25, 0.3) is 0 Å². The lowest BCUT2D eigenvalue weighted by Crippen LogP contribution is -2.31. The van der Waals surface area contributed by atoms with Crippen molar-refractivity contribution in [1.82, 2.24) is 0 Å². The molecular weight excluding hydrogens is 1150 g/mol. The first-order valence-electron chi connectivity index (χ1n) is 33.0. The Morgan fingerprint density at radius 1 is 0.189 bits per heavy atom. The average Bonchev–Trinajstić information content (AvgIpc) is 0.691. The van der Waals surface area contributed by atoms with Gasteiger partial charge in [0.15, 0.2) is 0 Å². The van der Waals surface area contributed by atoms with Gasteiger partial charge < -0.3 is 14.7 Å². The Bertz CT molecular complexity index is 4950. The van der Waals surface area contributed by atoms with E-state index in [-0.39, 0.29) is 5.92 Å². The summed E-state index contributed by atoms with van der Waals surface area (Å²) in [5.74, 6) is -0.109. The van der Waals surface area contributed by atoms with E-state index in [2.05, 4.69) is 379 Å². The highest BCUT2D eigenvalue weighted by Crippen LogP contribution is 2.67. The van der Waals surface area contributed by atoms with Crippen molar-refractivity contribution in [3.8, 4) is 89.0 Å². The molecule has 0 radical (unpaired) electrons. The molecule has 1 aliphatic carbocycles. The molecule has 0 aromatic heterocycles. The number of para-hydroxylation sites is 2. The molecule has 0 N–H and O–H groups in total. The first-order valence-corrected chi connectivity index (χ1v) is 33.0. The van der Waals surface area contributed by atoms with Gasteiger partial charge in [0.2, 0.25) is 0 Å². The fourth-order valence-corrected chi connectivity index (χ4v) is 15.5. The standard InChI is InChI=1S/C92H63N3/c1-7-29-62(30-8-1)73-43-23-25-45-75(73)70-53-55-83-85(58-70)95-86-59-71(76-46-26-24-44-74(76)63-31-9-2-10-32-63)54-56-84(86)94(91-81(66-37-15-5-16-38-66)51-28-52-82(91)67-39-17-6-18-40-67)88-61-72(89-77-47-21-19-41-68(77)57-69-42-20-22-48-78(69)89)60-87(92(88)95)93(83)90-79(64-33-11-3-12-34-64)49-27-50-80(90)65-35-13-4-14-36-65/h1-56,58-61,89H,57H2. The molecule has 15 aromatic carbocycles. The van der Waals surface area contributed by atoms with Crippen molar-refractivity contribution >= 4 is 51.2 Å². The third-order valence-corrected chi connectivity index (χ3v) is 19.7. The highest BCUT2D eigenvalue weighted by Gasteiger charge is 2.44. The molecule has 446 valence electrons. The maximum atomic E-state index is 2.66. The molecule has 3 aliphatic rings. The van der Waals surface area contributed by atoms with Crippen molar-refractivity contribution < 1.29 is 0 Å². The van der Waals surface area contributed by atoms with Gasteiger partial charge in [-0.25, -0.2) is 0 Å². The number of rotatable bonds is 11. The van der Waals surface area contributed by atoms with Gasteiger partial charge >= 0.3 is 0 Å². The van der Waals surface area contributed by atoms with Crippen LogP contribution in [0, 0.1) is 0 Å². The SMILES string of the molecule is c1ccc(-c2ccccc2-c2ccc3c(c2)N2c4cc(-c5ccccc5-c5ccccc5)ccc4N(c4c(-c5ccccc5)cccc4-c4ccccc4)c4cc(C5c6ccccc6Cc6ccccc65)cc(c42)N3c2c(-c3ccccc3)cccc2-c2ccccc2)cc1. The van der Waals surface area contributed by atoms with Gasteiger partial charge in [-0.3, -0.25) is 0 Å². The number of nitrogens with zero attached hydrogens (tertiary/aromatic N) is 3. The molecular formula is C92H63N3. The van der Waals surface area contributed by atoms with E-state index in [0.717, 1.165) is 124 Å². The molecule has 0 saturated carbocycles. The van der Waals surface area contributed by atoms with Crippen LogP contribution in [0.5, 0.6) is 0 Å². The van der Waals surface area contributed by atoms with Crippen molar-refractivity contribution in [3.63, 3.8) is 0 Å². The predicted octanol–water partition coefficient (Wildman–Crippen LogP) is 25.1. The monoisotopic (exact) mass is 1210 g/mol. The third-order valence-electron chi connectivity index (χ3n) is 19.7. The third kappa shape index (κ3) is 9.50. The largest absolute Gasteiger partial charge is 0.305 e. The highest BCUT2D eigenvalue weighted by molar-refractivity contribution is 6.17. The van der Waals surface area contributed by atoms with E-state index in [1.54, 1.807) is 0 Å². The minimum Gasteiger partial charge on any atom is -0.305 e. The predicted molar refractivity (Wildman–Crippen MR) is 398 cm³/mol. The summed E-state index contributed by atoms with van der Waals surface area (Å²) < 4.78 is 0. The summed E-state index contributed by atoms with van der Waals surface area (Å²) in [7, 11) is 0. The van der Waals surface area contributed by atoms with Gasteiger partial charge in [-0.2, -0.15) is 0 Å². The Hall–Kier alpha value is -12.3. The second kappa shape index (κ2) is 23.4. The summed E-state index contributed by atoms with van der Waals surface area (Å²) in [5, 5.41) is 0. The summed E-state index contributed by atoms with van der Waals surface area (Å²) in [6.07, 6.45) is 0.870. The van der Waals surface area contributed by atoms with E-state index >= 15 is 0 Å². The van der Waals surface area contributed by atoms with E-state index in [1.807, 2.05) is 0 Å². The second-order valence-electron chi connectivity index (χ2n) is 25.0. The van der Waals surface area contributed by atoms with Crippen molar-refractivity contribution in [1.29, 1.82) is 0 Å². The minimum absolute atomic E-state index is 0.109. The molecule has 0 spiro atoms. The first-order chi connectivity index (χ1) is 47.2. The highest BCUT2D eigenvalue weighted by atomic mass is 15.3. The molecule has 0 atom stereocenters. The van der Waals surface area contributed by atoms with Crippen molar-refractivity contribution in [2.75, 3.05) is 14.7 Å². The zero-order valence-electron chi connectivity index (χ0n) is 52.3. The van der Waals surface area contributed by atoms with E-state index in [0.29, 0.717) is 0 Å². The van der Waals surface area contributed by atoms with E-state index < -0.39 is 0 Å². The number of hydrogen-bond donors (Lipinski definition) is 0. The van der Waals surface area contributed by atoms with Crippen molar-refractivity contribution in [3.05, 3.63) is 392 Å². The quantitative estimate of drug-likeness (QED) is 0.128. The first kappa shape index (κ1) is 55.5. The van der Waals surface area contributed by atoms with Crippen LogP contribution in [-0.2, 0) is 6.42 Å². The summed E-state index contributed by atoms with van der Waals surface area (Å²) >= 11 is 0. The van der Waals surface area contributed by atoms with Gasteiger partial charge in [-0.1, -0.05) is 328 Å². The Kier molecular flexibility index (Phi) is 13.7. The van der Waals surface area contributed by atoms with Gasteiger partial charge in [0.1, 0.15) is 0 Å². The Labute approximate surface area is 555 Å². The molecule has 0 saturated heterocycles. The zero-order chi connectivity index (χ0) is 62.8. The van der Waals surface area contributed by atoms with Crippen LogP contribution in [0.15, 0.2) is 364 Å². The van der Waals surface area contributed by atoms with Crippen LogP contribution in [0.1, 0.15) is 33.7 Å². The smallest absolute Gasteiger partial charge is 0.0948 e. The maximum Gasteiger partial charge on any atom is 0.0948 e. The summed E-state index contributed by atoms with van der Waals surface area (Å²) in [6, 6.07) is 136. The van der Waals surface area contributed by atoms with Gasteiger partial charge in [-0.05, 0) is 137 Å². The Morgan fingerprint density at radius 3 is 0.811 bits per heavy atom. The lowest BCUT2D eigenvalue weighted by molar-refractivity contribution is 0.884. The molecule has 0 amide bonds. The number of hydrogen-bond acceptors (Lipinski definition) is 3. The fraction of sp³-hybridized carbons (Fsp3) is 0.0217. The van der Waals surface area contributed by atoms with Gasteiger partial charge in [-0.15, -0.1) is 0 Å². The van der Waals surface area contributed by atoms with Crippen LogP contribution in [0.4, 0.5) is 51.2 Å². The topological polar surface area (TPSA) is 9.72 Å². The molecule has 2 aliphatic heterocycles. The minimum atomic E-state index is -0.109. The molecule has 18 rings (SSSR count). The van der Waals surface area contributed by atoms with Crippen molar-refractivity contribution in [2.24, 2.45) is 0 Å². The molecule has 0 unspecified atom stereocenters. The maximum absolute atomic E-state index is 2.66. The van der Waals surface area contributed by atoms with Crippen LogP contribution in [-0.4, -0.2) is 0 Å². The van der Waals surface area contributed by atoms with E-state index in [9.17, 15) is 0 Å².